The lowest BCUT2D eigenvalue weighted by Crippen LogP contribution is -2.43. The summed E-state index contributed by atoms with van der Waals surface area (Å²) in [4.78, 5) is 109. The lowest BCUT2D eigenvalue weighted by molar-refractivity contribution is -0.467. The number of benzene rings is 2. The number of nitro groups is 2. The quantitative estimate of drug-likeness (QED) is 0.0200. The maximum atomic E-state index is 11.8. The van der Waals surface area contributed by atoms with Crippen LogP contribution >= 0.6 is 11.8 Å². The van der Waals surface area contributed by atoms with Crippen LogP contribution in [0, 0.1) is 20.2 Å². The molecule has 0 aromatic heterocycles. The molecule has 2 aromatic carbocycles. The Kier molecular flexibility index (Phi) is 65.3. The topological polar surface area (TPSA) is 474 Å². The minimum Gasteiger partial charge on any atom is -0.398 e. The van der Waals surface area contributed by atoms with E-state index in [-0.39, 0.29) is 59.4 Å². The Morgan fingerprint density at radius 2 is 0.694 bits per heavy atom. The number of nitro benzene ring substituents is 1. The van der Waals surface area contributed by atoms with Crippen LogP contribution in [0.2, 0.25) is 42.8 Å². The lowest BCUT2D eigenvalue weighted by Gasteiger charge is -2.24. The molecule has 0 heterocycles. The molecular formula is C65H125N7O31S2Si6. The van der Waals surface area contributed by atoms with Crippen LogP contribution in [0.1, 0.15) is 76.3 Å². The smallest absolute Gasteiger partial charge is 0.398 e. The van der Waals surface area contributed by atoms with Gasteiger partial charge in [0.1, 0.15) is 17.3 Å². The summed E-state index contributed by atoms with van der Waals surface area (Å²) < 4.78 is 111. The van der Waals surface area contributed by atoms with E-state index in [9.17, 15) is 67.0 Å². The summed E-state index contributed by atoms with van der Waals surface area (Å²) in [6, 6.07) is 19.5. The van der Waals surface area contributed by atoms with Gasteiger partial charge in [0.25, 0.3) is 18.1 Å². The summed E-state index contributed by atoms with van der Waals surface area (Å²) in [5.74, 6) is -1.52. The van der Waals surface area contributed by atoms with Crippen LogP contribution in [-0.4, -0.2) is 295 Å². The molecule has 2 aromatic rings. The van der Waals surface area contributed by atoms with E-state index in [2.05, 4.69) is 26.6 Å². The van der Waals surface area contributed by atoms with Crippen molar-refractivity contribution in [3.8, 4) is 0 Å². The van der Waals surface area contributed by atoms with E-state index in [0.717, 1.165) is 42.7 Å². The van der Waals surface area contributed by atoms with E-state index >= 15 is 0 Å². The predicted octanol–water partition coefficient (Wildman–Crippen LogP) is 4.53. The van der Waals surface area contributed by atoms with Gasteiger partial charge < -0.3 is 102 Å². The molecular weight excluding hydrogens is 1610 g/mol. The van der Waals surface area contributed by atoms with Gasteiger partial charge in [-0.15, -0.1) is 0 Å². The molecule has 0 aliphatic heterocycles. The molecule has 0 atom stereocenters. The molecule has 5 amide bonds. The van der Waals surface area contributed by atoms with Crippen molar-refractivity contribution in [2.45, 2.75) is 121 Å². The highest BCUT2D eigenvalue weighted by Crippen LogP contribution is 2.21. The minimum atomic E-state index is -3.28. The maximum Gasteiger partial charge on any atom is 0.500 e. The van der Waals surface area contributed by atoms with Crippen molar-refractivity contribution >= 4 is 126 Å². The van der Waals surface area contributed by atoms with Crippen LogP contribution in [0.5, 0.6) is 0 Å². The van der Waals surface area contributed by atoms with Crippen molar-refractivity contribution in [3.05, 3.63) is 86.0 Å². The Bertz CT molecular complexity index is 2870. The second-order valence-corrected chi connectivity index (χ2v) is 46.0. The Balaban J connectivity index is -0.000000621. The average Bonchev–Trinajstić information content (AvgIpc) is 0.910. The molecule has 0 spiro atoms. The van der Waals surface area contributed by atoms with E-state index < -0.39 is 96.4 Å². The van der Waals surface area contributed by atoms with Crippen molar-refractivity contribution in [2.24, 2.45) is 0 Å². The number of rotatable bonds is 54. The standard InChI is InChI=1S/C14H22N2O5Si.C14H23NO4Si.C10H21NO5Si.C10H20O5SSi.C9H21NO6SSi.C8H18N2O6Si/c1-20-22(3,21-2)10-4-9-15-14(17)11-12-5-7-13(8-6-12)16(18)19;1-17-20(18-2,19-3)11-7-10-15-14(16)12-13-8-5-4-6-9-13;1-9(12)8-10(13)11-6-5-7-17(14-2,15-3)16-4;1-9(11)8-10(12)16-6-5-7-17(13-2,14-3)15-4;1-14-18(15-2,16-3)7-5-6-10-9(11)8-17(4,12)13;1-14-17(15-2,16-3)6-4-5-9-8(11)7-10(12)13/h5-8H,4,9-11H2,1-3H3,(H,15,17);4-6,8-9H,7,10-12H2,1-3H3,(H,15,16);5-8H2,1-4H3,(H,11,13);5-8H2,1-4H3;5-8H2,1-4H3,(H,10,11);4-7H2,1-3H3,(H,9,11). The number of nitrogens with zero attached hydrogens (tertiary/aromatic N) is 2. The number of nitrogens with one attached hydrogen (secondary N) is 5. The molecule has 38 nitrogen and oxygen atoms in total. The van der Waals surface area contributed by atoms with Crippen molar-refractivity contribution in [1.29, 1.82) is 0 Å². The van der Waals surface area contributed by atoms with Gasteiger partial charge in [0, 0.05) is 213 Å². The first-order valence-electron chi connectivity index (χ1n) is 34.7. The van der Waals surface area contributed by atoms with Gasteiger partial charge in [-0.3, -0.25) is 58.6 Å². The average molecular weight is 1730 g/mol. The number of sulfone groups is 1. The van der Waals surface area contributed by atoms with E-state index in [4.69, 9.17) is 75.2 Å². The number of hydrogen-bond donors (Lipinski definition) is 5. The summed E-state index contributed by atoms with van der Waals surface area (Å²) in [7, 11) is 8.31. The SMILES string of the molecule is CO[Si](C)(CCCNC(=O)Cc1ccc([N+](=O)[O-])cc1)OC.CO[Si](CCCNC(=O)CC(C)=O)(OC)OC.CO[Si](CCCNC(=O)CS(C)(=O)=O)(OC)OC.CO[Si](CCCNC(=O)C[N+](=O)[O-])(OC)OC.CO[Si](CCCNC(=O)Cc1ccccc1)(OC)OC.CO[Si](CCCSC(=O)CC(C)=O)(OC)OC. The van der Waals surface area contributed by atoms with Gasteiger partial charge in [-0.2, -0.15) is 0 Å². The van der Waals surface area contributed by atoms with Crippen molar-refractivity contribution in [2.75, 3.05) is 178 Å². The molecule has 0 radical (unpaired) electrons. The van der Waals surface area contributed by atoms with Gasteiger partial charge in [0.15, 0.2) is 15.0 Å². The summed E-state index contributed by atoms with van der Waals surface area (Å²) in [5, 5.41) is 33.8. The van der Waals surface area contributed by atoms with E-state index in [1.165, 1.54) is 80.4 Å². The number of hydrogen-bond acceptors (Lipinski definition) is 32. The van der Waals surface area contributed by atoms with Gasteiger partial charge in [-0.1, -0.05) is 54.2 Å². The number of Topliss-reactive ketones (excluding diaryl/α,β-unsaturated/α-hetero) is 2. The van der Waals surface area contributed by atoms with Crippen LogP contribution < -0.4 is 26.6 Å². The molecule has 0 unspecified atom stereocenters. The molecule has 111 heavy (non-hydrogen) atoms. The molecule has 0 fully saturated rings. The zero-order valence-corrected chi connectivity index (χ0v) is 76.2. The summed E-state index contributed by atoms with van der Waals surface area (Å²) in [6.07, 6.45) is 5.74. The number of amides is 5. The van der Waals surface area contributed by atoms with Crippen molar-refractivity contribution in [3.63, 3.8) is 0 Å². The lowest BCUT2D eigenvalue weighted by atomic mass is 10.1. The predicted molar refractivity (Wildman–Crippen MR) is 428 cm³/mol. The van der Waals surface area contributed by atoms with Gasteiger partial charge in [0.2, 0.25) is 23.6 Å². The Hall–Kier alpha value is -5.48. The highest BCUT2D eigenvalue weighted by Gasteiger charge is 2.40. The maximum absolute atomic E-state index is 11.8. The molecule has 0 bridgehead atoms. The van der Waals surface area contributed by atoms with Gasteiger partial charge >= 0.3 is 52.6 Å². The summed E-state index contributed by atoms with van der Waals surface area (Å²) >= 11 is 1.17. The Morgan fingerprint density at radius 1 is 0.396 bits per heavy atom. The molecule has 2 rings (SSSR count). The fourth-order valence-electron chi connectivity index (χ4n) is 9.14. The highest BCUT2D eigenvalue weighted by molar-refractivity contribution is 8.13. The molecule has 0 aliphatic rings. The minimum absolute atomic E-state index is 0.00602. The Morgan fingerprint density at radius 3 is 0.991 bits per heavy atom. The molecule has 642 valence electrons. The summed E-state index contributed by atoms with van der Waals surface area (Å²) in [5.41, 5.74) is 1.78. The van der Waals surface area contributed by atoms with Crippen molar-refractivity contribution < 1.29 is 132 Å². The fourth-order valence-corrected chi connectivity index (χ4v) is 20.8. The van der Waals surface area contributed by atoms with Crippen LogP contribution in [-0.2, 0) is 136 Å². The van der Waals surface area contributed by atoms with Crippen LogP contribution in [0.3, 0.4) is 0 Å². The third kappa shape index (κ3) is 55.6. The van der Waals surface area contributed by atoms with Gasteiger partial charge in [-0.25, -0.2) is 8.42 Å². The van der Waals surface area contributed by atoms with E-state index in [1.54, 1.807) is 90.3 Å². The second-order valence-electron chi connectivity index (χ2n) is 23.7. The van der Waals surface area contributed by atoms with E-state index in [1.807, 2.05) is 36.9 Å². The fraction of sp³-hybridized carbons (Fsp3) is 0.692. The van der Waals surface area contributed by atoms with Crippen molar-refractivity contribution in [1.82, 2.24) is 26.6 Å². The first kappa shape index (κ1) is 112. The molecule has 0 aliphatic carbocycles. The van der Waals surface area contributed by atoms with Crippen LogP contribution in [0.15, 0.2) is 54.6 Å². The number of non-ortho nitro benzene ring substituents is 1. The number of carbonyl (C=O) groups excluding carboxylic acids is 8. The number of thioether (sulfide) groups is 1. The first-order valence-corrected chi connectivity index (χ1v) is 50.0. The Labute approximate surface area is 665 Å². The van der Waals surface area contributed by atoms with Crippen LogP contribution in [0.4, 0.5) is 5.69 Å². The largest absolute Gasteiger partial charge is 0.500 e. The van der Waals surface area contributed by atoms with Gasteiger partial charge in [0.05, 0.1) is 30.6 Å². The first-order chi connectivity index (χ1) is 52.3. The highest BCUT2D eigenvalue weighted by atomic mass is 32.2. The number of carbonyl (C=O) groups is 8. The number of ketones is 2. The molecule has 5 N–H and O–H groups in total. The molecule has 46 heteroatoms. The summed E-state index contributed by atoms with van der Waals surface area (Å²) in [6.45, 7) is 6.40. The van der Waals surface area contributed by atoms with Gasteiger partial charge in [-0.05, 0) is 76.1 Å². The zero-order chi connectivity index (χ0) is 85.6. The normalized spacial score (nSPS) is 11.5. The van der Waals surface area contributed by atoms with E-state index in [0.29, 0.717) is 94.4 Å². The monoisotopic (exact) mass is 1730 g/mol. The zero-order valence-electron chi connectivity index (χ0n) is 68.5. The third-order valence-electron chi connectivity index (χ3n) is 15.7. The third-order valence-corrected chi connectivity index (χ3v) is 34.6. The molecule has 0 saturated heterocycles. The molecule has 0 saturated carbocycles. The van der Waals surface area contributed by atoms with Crippen LogP contribution in [0.25, 0.3) is 0 Å². The second kappa shape index (κ2) is 64.8.